The lowest BCUT2D eigenvalue weighted by molar-refractivity contribution is 0.103. The summed E-state index contributed by atoms with van der Waals surface area (Å²) in [4.78, 5) is 18.6. The molecular formula is C23H25N3O2. The van der Waals surface area contributed by atoms with Gasteiger partial charge in [0.2, 0.25) is 0 Å². The summed E-state index contributed by atoms with van der Waals surface area (Å²) < 4.78 is 7.17. The van der Waals surface area contributed by atoms with Crippen LogP contribution in [0, 0.1) is 0 Å². The first-order chi connectivity index (χ1) is 13.7. The second-order valence-electron chi connectivity index (χ2n) is 7.27. The zero-order valence-electron chi connectivity index (χ0n) is 16.1. The Morgan fingerprint density at radius 2 is 1.68 bits per heavy atom. The maximum atomic E-state index is 12.0. The predicted octanol–water partition coefficient (Wildman–Crippen LogP) is 4.08. The van der Waals surface area contributed by atoms with Crippen LogP contribution in [0.3, 0.4) is 0 Å². The Balaban J connectivity index is 1.70. The average molecular weight is 375 g/mol. The van der Waals surface area contributed by atoms with Gasteiger partial charge >= 0.3 is 6.09 Å². The SMILES string of the molecule is COC(=O)N1CCC(c2ccccc2)(c2nccn2Cc2ccccc2)CC1. The van der Waals surface area contributed by atoms with Gasteiger partial charge in [-0.1, -0.05) is 60.7 Å². The highest BCUT2D eigenvalue weighted by molar-refractivity contribution is 5.67. The molecule has 4 rings (SSSR count). The van der Waals surface area contributed by atoms with E-state index in [1.807, 2.05) is 18.3 Å². The van der Waals surface area contributed by atoms with Gasteiger partial charge in [0.15, 0.2) is 0 Å². The van der Waals surface area contributed by atoms with Gasteiger partial charge in [0.25, 0.3) is 0 Å². The van der Waals surface area contributed by atoms with E-state index in [1.165, 1.54) is 18.2 Å². The first-order valence-corrected chi connectivity index (χ1v) is 9.67. The fourth-order valence-corrected chi connectivity index (χ4v) is 4.23. The van der Waals surface area contributed by atoms with Crippen LogP contribution in [0.1, 0.15) is 29.8 Å². The van der Waals surface area contributed by atoms with E-state index in [9.17, 15) is 4.79 Å². The van der Waals surface area contributed by atoms with Gasteiger partial charge < -0.3 is 14.2 Å². The zero-order valence-corrected chi connectivity index (χ0v) is 16.1. The topological polar surface area (TPSA) is 47.4 Å². The molecule has 2 heterocycles. The molecule has 0 bridgehead atoms. The van der Waals surface area contributed by atoms with Crippen molar-refractivity contribution in [1.29, 1.82) is 0 Å². The number of ether oxygens (including phenoxy) is 1. The van der Waals surface area contributed by atoms with E-state index in [0.717, 1.165) is 25.2 Å². The molecule has 0 atom stereocenters. The maximum Gasteiger partial charge on any atom is 0.409 e. The highest BCUT2D eigenvalue weighted by Crippen LogP contribution is 2.41. The molecule has 28 heavy (non-hydrogen) atoms. The molecule has 1 amide bonds. The minimum atomic E-state index is -0.255. The Morgan fingerprint density at radius 3 is 2.32 bits per heavy atom. The molecule has 0 saturated carbocycles. The van der Waals surface area contributed by atoms with Gasteiger partial charge in [-0.3, -0.25) is 0 Å². The van der Waals surface area contributed by atoms with Crippen molar-refractivity contribution < 1.29 is 9.53 Å². The number of carbonyl (C=O) groups excluding carboxylic acids is 1. The summed E-state index contributed by atoms with van der Waals surface area (Å²) in [6.45, 7) is 2.09. The molecule has 1 saturated heterocycles. The molecule has 0 aliphatic carbocycles. The highest BCUT2D eigenvalue weighted by Gasteiger charge is 2.42. The number of nitrogens with zero attached hydrogens (tertiary/aromatic N) is 3. The quantitative estimate of drug-likeness (QED) is 0.690. The number of benzene rings is 2. The van der Waals surface area contributed by atoms with Crippen molar-refractivity contribution in [2.75, 3.05) is 20.2 Å². The Labute approximate surface area is 165 Å². The summed E-state index contributed by atoms with van der Waals surface area (Å²) in [5.74, 6) is 1.06. The summed E-state index contributed by atoms with van der Waals surface area (Å²) in [5.41, 5.74) is 2.28. The van der Waals surface area contributed by atoms with Crippen LogP contribution in [-0.2, 0) is 16.7 Å². The van der Waals surface area contributed by atoms with E-state index >= 15 is 0 Å². The normalized spacial score (nSPS) is 16.0. The largest absolute Gasteiger partial charge is 0.453 e. The fourth-order valence-electron chi connectivity index (χ4n) is 4.23. The van der Waals surface area contributed by atoms with Crippen molar-refractivity contribution in [2.24, 2.45) is 0 Å². The van der Waals surface area contributed by atoms with Crippen LogP contribution in [0.4, 0.5) is 4.79 Å². The number of amides is 1. The molecule has 5 nitrogen and oxygen atoms in total. The second kappa shape index (κ2) is 7.89. The van der Waals surface area contributed by atoms with E-state index in [1.54, 1.807) is 4.90 Å². The van der Waals surface area contributed by atoms with Gasteiger partial charge in [-0.25, -0.2) is 9.78 Å². The number of likely N-dealkylation sites (tertiary alicyclic amines) is 1. The molecule has 5 heteroatoms. The van der Waals surface area contributed by atoms with Crippen LogP contribution in [-0.4, -0.2) is 40.7 Å². The highest BCUT2D eigenvalue weighted by atomic mass is 16.5. The van der Waals surface area contributed by atoms with Crippen LogP contribution >= 0.6 is 0 Å². The van der Waals surface area contributed by atoms with Gasteiger partial charge in [-0.15, -0.1) is 0 Å². The number of rotatable bonds is 4. The van der Waals surface area contributed by atoms with E-state index in [-0.39, 0.29) is 11.5 Å². The van der Waals surface area contributed by atoms with Crippen molar-refractivity contribution in [3.8, 4) is 0 Å². The molecule has 0 radical (unpaired) electrons. The smallest absolute Gasteiger partial charge is 0.409 e. The molecular weight excluding hydrogens is 350 g/mol. The molecule has 1 aliphatic heterocycles. The molecule has 2 aromatic carbocycles. The van der Waals surface area contributed by atoms with E-state index in [2.05, 4.69) is 59.3 Å². The van der Waals surface area contributed by atoms with E-state index in [0.29, 0.717) is 13.1 Å². The lowest BCUT2D eigenvalue weighted by Crippen LogP contribution is -2.46. The van der Waals surface area contributed by atoms with Crippen LogP contribution in [0.5, 0.6) is 0 Å². The Morgan fingerprint density at radius 1 is 1.04 bits per heavy atom. The number of hydrogen-bond donors (Lipinski definition) is 0. The number of carbonyl (C=O) groups is 1. The third-order valence-electron chi connectivity index (χ3n) is 5.72. The molecule has 1 fully saturated rings. The molecule has 0 unspecified atom stereocenters. The van der Waals surface area contributed by atoms with E-state index in [4.69, 9.17) is 9.72 Å². The third-order valence-corrected chi connectivity index (χ3v) is 5.72. The van der Waals surface area contributed by atoms with Gasteiger partial charge in [-0.05, 0) is 24.0 Å². The number of hydrogen-bond acceptors (Lipinski definition) is 3. The zero-order chi connectivity index (χ0) is 19.4. The first-order valence-electron chi connectivity index (χ1n) is 9.67. The molecule has 3 aromatic rings. The Bertz CT molecular complexity index is 913. The summed E-state index contributed by atoms with van der Waals surface area (Å²) in [6.07, 6.45) is 5.32. The van der Waals surface area contributed by atoms with Crippen molar-refractivity contribution >= 4 is 6.09 Å². The summed E-state index contributed by atoms with van der Waals surface area (Å²) in [5, 5.41) is 0. The van der Waals surface area contributed by atoms with Crippen LogP contribution in [0.15, 0.2) is 73.1 Å². The Hall–Kier alpha value is -3.08. The number of aromatic nitrogens is 2. The molecule has 0 spiro atoms. The number of methoxy groups -OCH3 is 1. The summed E-state index contributed by atoms with van der Waals surface area (Å²) in [7, 11) is 1.44. The lowest BCUT2D eigenvalue weighted by Gasteiger charge is -2.41. The lowest BCUT2D eigenvalue weighted by atomic mass is 9.72. The molecule has 1 aromatic heterocycles. The first kappa shape index (κ1) is 18.3. The van der Waals surface area contributed by atoms with Gasteiger partial charge in [0.1, 0.15) is 5.82 Å². The average Bonchev–Trinajstić information content (AvgIpc) is 3.23. The maximum absolute atomic E-state index is 12.0. The number of piperidine rings is 1. The van der Waals surface area contributed by atoms with Crippen LogP contribution < -0.4 is 0 Å². The standard InChI is InChI=1S/C23H25N3O2/c1-28-22(27)25-15-12-23(13-16-25,20-10-6-3-7-11-20)21-24-14-17-26(21)18-19-8-4-2-5-9-19/h2-11,14,17H,12-13,15-16,18H2,1H3. The van der Waals surface area contributed by atoms with Crippen molar-refractivity contribution in [2.45, 2.75) is 24.8 Å². The molecule has 0 N–H and O–H groups in total. The summed E-state index contributed by atoms with van der Waals surface area (Å²) in [6, 6.07) is 21.0. The van der Waals surface area contributed by atoms with Crippen molar-refractivity contribution in [3.05, 3.63) is 90.0 Å². The third kappa shape index (κ3) is 3.40. The van der Waals surface area contributed by atoms with Crippen LogP contribution in [0.25, 0.3) is 0 Å². The van der Waals surface area contributed by atoms with Gasteiger partial charge in [-0.2, -0.15) is 0 Å². The van der Waals surface area contributed by atoms with Crippen LogP contribution in [0.2, 0.25) is 0 Å². The molecule has 144 valence electrons. The fraction of sp³-hybridized carbons (Fsp3) is 0.304. The van der Waals surface area contributed by atoms with Crippen molar-refractivity contribution in [3.63, 3.8) is 0 Å². The van der Waals surface area contributed by atoms with Gasteiger partial charge in [0, 0.05) is 32.0 Å². The van der Waals surface area contributed by atoms with Gasteiger partial charge in [0.05, 0.1) is 12.5 Å². The Kier molecular flexibility index (Phi) is 5.15. The second-order valence-corrected chi connectivity index (χ2v) is 7.27. The monoisotopic (exact) mass is 375 g/mol. The molecule has 1 aliphatic rings. The van der Waals surface area contributed by atoms with E-state index < -0.39 is 0 Å². The summed E-state index contributed by atoms with van der Waals surface area (Å²) >= 11 is 0. The van der Waals surface area contributed by atoms with Crippen molar-refractivity contribution in [1.82, 2.24) is 14.5 Å². The minimum absolute atomic E-state index is 0.218. The minimum Gasteiger partial charge on any atom is -0.453 e. The predicted molar refractivity (Wildman–Crippen MR) is 108 cm³/mol. The number of imidazole rings is 1.